The summed E-state index contributed by atoms with van der Waals surface area (Å²) in [6.45, 7) is 0. The van der Waals surface area contributed by atoms with Crippen molar-refractivity contribution in [1.82, 2.24) is 14.5 Å². The van der Waals surface area contributed by atoms with Crippen LogP contribution in [0.25, 0.3) is 11.3 Å². The first-order valence-electron chi connectivity index (χ1n) is 6.54. The Bertz CT molecular complexity index is 506. The molecule has 0 radical (unpaired) electrons. The van der Waals surface area contributed by atoms with Crippen LogP contribution in [0.1, 0.15) is 31.7 Å². The number of aromatic nitrogens is 3. The van der Waals surface area contributed by atoms with Gasteiger partial charge >= 0.3 is 0 Å². The Balaban J connectivity index is 1.96. The van der Waals surface area contributed by atoms with Crippen LogP contribution in [0, 0.1) is 0 Å². The monoisotopic (exact) mass is 242 g/mol. The van der Waals surface area contributed by atoms with Crippen molar-refractivity contribution in [3.05, 3.63) is 37.1 Å². The molecular formula is C14H18N4. The van der Waals surface area contributed by atoms with E-state index in [1.165, 1.54) is 12.8 Å². The van der Waals surface area contributed by atoms with Gasteiger partial charge in [-0.25, -0.2) is 4.98 Å². The zero-order chi connectivity index (χ0) is 12.4. The molecule has 0 aliphatic heterocycles. The third-order valence-electron chi connectivity index (χ3n) is 3.76. The molecule has 3 rings (SSSR count). The quantitative estimate of drug-likeness (QED) is 0.879. The Morgan fingerprint density at radius 3 is 2.83 bits per heavy atom. The number of pyridine rings is 1. The molecule has 2 heterocycles. The largest absolute Gasteiger partial charge is 0.326 e. The minimum absolute atomic E-state index is 0.239. The molecular weight excluding hydrogens is 224 g/mol. The highest BCUT2D eigenvalue weighted by Gasteiger charge is 2.25. The van der Waals surface area contributed by atoms with Crippen molar-refractivity contribution in [2.24, 2.45) is 5.73 Å². The summed E-state index contributed by atoms with van der Waals surface area (Å²) in [6, 6.07) is 4.63. The second-order valence-electron chi connectivity index (χ2n) is 4.94. The van der Waals surface area contributed by atoms with Crippen LogP contribution < -0.4 is 5.73 Å². The maximum absolute atomic E-state index is 6.25. The van der Waals surface area contributed by atoms with E-state index in [1.54, 1.807) is 6.20 Å². The van der Waals surface area contributed by atoms with Gasteiger partial charge in [-0.1, -0.05) is 12.8 Å². The van der Waals surface area contributed by atoms with Gasteiger partial charge in [0.2, 0.25) is 0 Å². The van der Waals surface area contributed by atoms with Crippen LogP contribution in [-0.2, 0) is 0 Å². The van der Waals surface area contributed by atoms with Gasteiger partial charge in [0.05, 0.1) is 24.3 Å². The van der Waals surface area contributed by atoms with Gasteiger partial charge in [-0.05, 0) is 25.0 Å². The summed E-state index contributed by atoms with van der Waals surface area (Å²) in [5, 5.41) is 0. The maximum atomic E-state index is 6.25. The third-order valence-corrected chi connectivity index (χ3v) is 3.76. The molecule has 94 valence electrons. The molecule has 2 atom stereocenters. The fourth-order valence-electron chi connectivity index (χ4n) is 2.79. The van der Waals surface area contributed by atoms with Gasteiger partial charge in [-0.2, -0.15) is 0 Å². The standard InChI is InChI=1S/C14H18N4/c15-12-5-1-2-6-13(12)18-10-17-9-14(18)11-4-3-7-16-8-11/h3-4,7-10,12-13H,1-2,5-6,15H2/t12-,13-/m1/s1. The van der Waals surface area contributed by atoms with Gasteiger partial charge in [0.1, 0.15) is 0 Å². The number of imidazole rings is 1. The summed E-state index contributed by atoms with van der Waals surface area (Å²) in [5.74, 6) is 0. The summed E-state index contributed by atoms with van der Waals surface area (Å²) in [7, 11) is 0. The fourth-order valence-corrected chi connectivity index (χ4v) is 2.79. The fraction of sp³-hybridized carbons (Fsp3) is 0.429. The molecule has 2 aromatic rings. The molecule has 4 heteroatoms. The Kier molecular flexibility index (Phi) is 3.11. The lowest BCUT2D eigenvalue weighted by Gasteiger charge is -2.30. The molecule has 0 unspecified atom stereocenters. The molecule has 0 saturated heterocycles. The predicted octanol–water partition coefficient (Wildman–Crippen LogP) is 2.39. The van der Waals surface area contributed by atoms with E-state index in [-0.39, 0.29) is 6.04 Å². The molecule has 1 fully saturated rings. The minimum Gasteiger partial charge on any atom is -0.326 e. The van der Waals surface area contributed by atoms with Crippen LogP contribution in [-0.4, -0.2) is 20.6 Å². The van der Waals surface area contributed by atoms with Gasteiger partial charge in [-0.15, -0.1) is 0 Å². The number of rotatable bonds is 2. The molecule has 0 bridgehead atoms. The summed E-state index contributed by atoms with van der Waals surface area (Å²) in [5.41, 5.74) is 8.47. The second kappa shape index (κ2) is 4.90. The average Bonchev–Trinajstić information content (AvgIpc) is 2.89. The highest BCUT2D eigenvalue weighted by molar-refractivity contribution is 5.57. The third kappa shape index (κ3) is 2.04. The van der Waals surface area contributed by atoms with Gasteiger partial charge in [0.25, 0.3) is 0 Å². The van der Waals surface area contributed by atoms with E-state index < -0.39 is 0 Å². The summed E-state index contributed by atoms with van der Waals surface area (Å²) in [6.07, 6.45) is 12.2. The van der Waals surface area contributed by atoms with E-state index >= 15 is 0 Å². The van der Waals surface area contributed by atoms with Crippen molar-refractivity contribution in [3.8, 4) is 11.3 Å². The van der Waals surface area contributed by atoms with E-state index in [1.807, 2.05) is 24.8 Å². The topological polar surface area (TPSA) is 56.7 Å². The molecule has 0 aromatic carbocycles. The molecule has 2 aromatic heterocycles. The molecule has 0 amide bonds. The summed E-state index contributed by atoms with van der Waals surface area (Å²) in [4.78, 5) is 8.46. The first-order chi connectivity index (χ1) is 8.86. The van der Waals surface area contributed by atoms with Crippen LogP contribution in [0.3, 0.4) is 0 Å². The number of nitrogens with two attached hydrogens (primary N) is 1. The van der Waals surface area contributed by atoms with Gasteiger partial charge in [0.15, 0.2) is 0 Å². The number of hydrogen-bond donors (Lipinski definition) is 1. The Labute approximate surface area is 107 Å². The van der Waals surface area contributed by atoms with Crippen molar-refractivity contribution >= 4 is 0 Å². The maximum Gasteiger partial charge on any atom is 0.0954 e. The predicted molar refractivity (Wildman–Crippen MR) is 70.9 cm³/mol. The zero-order valence-electron chi connectivity index (χ0n) is 10.4. The van der Waals surface area contributed by atoms with E-state index in [4.69, 9.17) is 5.73 Å². The minimum atomic E-state index is 0.239. The highest BCUT2D eigenvalue weighted by Crippen LogP contribution is 2.31. The summed E-state index contributed by atoms with van der Waals surface area (Å²) >= 11 is 0. The molecule has 2 N–H and O–H groups in total. The second-order valence-corrected chi connectivity index (χ2v) is 4.94. The zero-order valence-corrected chi connectivity index (χ0v) is 10.4. The first kappa shape index (κ1) is 11.4. The van der Waals surface area contributed by atoms with Crippen LogP contribution in [0.2, 0.25) is 0 Å². The molecule has 1 aliphatic rings. The number of hydrogen-bond acceptors (Lipinski definition) is 3. The molecule has 1 aliphatic carbocycles. The first-order valence-corrected chi connectivity index (χ1v) is 6.54. The molecule has 0 spiro atoms. The molecule has 4 nitrogen and oxygen atoms in total. The van der Waals surface area contributed by atoms with Crippen LogP contribution in [0.4, 0.5) is 0 Å². The van der Waals surface area contributed by atoms with E-state index in [9.17, 15) is 0 Å². The van der Waals surface area contributed by atoms with E-state index in [2.05, 4.69) is 20.6 Å². The van der Waals surface area contributed by atoms with Gasteiger partial charge < -0.3 is 10.3 Å². The smallest absolute Gasteiger partial charge is 0.0954 e. The lowest BCUT2D eigenvalue weighted by Crippen LogP contribution is -2.35. The van der Waals surface area contributed by atoms with Crippen molar-refractivity contribution in [1.29, 1.82) is 0 Å². The van der Waals surface area contributed by atoms with Crippen molar-refractivity contribution in [2.45, 2.75) is 37.8 Å². The van der Waals surface area contributed by atoms with Crippen LogP contribution >= 0.6 is 0 Å². The summed E-state index contributed by atoms with van der Waals surface area (Å²) < 4.78 is 2.22. The van der Waals surface area contributed by atoms with Crippen molar-refractivity contribution in [3.63, 3.8) is 0 Å². The lowest BCUT2D eigenvalue weighted by atomic mass is 9.90. The Morgan fingerprint density at radius 2 is 2.06 bits per heavy atom. The molecule has 18 heavy (non-hydrogen) atoms. The Hall–Kier alpha value is -1.68. The van der Waals surface area contributed by atoms with E-state index in [0.717, 1.165) is 24.1 Å². The number of nitrogens with zero attached hydrogens (tertiary/aromatic N) is 3. The average molecular weight is 242 g/mol. The van der Waals surface area contributed by atoms with Gasteiger partial charge in [0, 0.05) is 24.0 Å². The highest BCUT2D eigenvalue weighted by atomic mass is 15.1. The normalized spacial score (nSPS) is 24.1. The van der Waals surface area contributed by atoms with Gasteiger partial charge in [-0.3, -0.25) is 4.98 Å². The SMILES string of the molecule is N[C@@H]1CCCC[C@H]1n1cncc1-c1cccnc1. The Morgan fingerprint density at radius 1 is 1.17 bits per heavy atom. The van der Waals surface area contributed by atoms with Crippen molar-refractivity contribution < 1.29 is 0 Å². The van der Waals surface area contributed by atoms with Crippen molar-refractivity contribution in [2.75, 3.05) is 0 Å². The van der Waals surface area contributed by atoms with Crippen LogP contribution in [0.5, 0.6) is 0 Å². The van der Waals surface area contributed by atoms with Crippen LogP contribution in [0.15, 0.2) is 37.1 Å². The molecule has 1 saturated carbocycles. The van der Waals surface area contributed by atoms with E-state index in [0.29, 0.717) is 6.04 Å². The lowest BCUT2D eigenvalue weighted by molar-refractivity contribution is 0.308.